The Morgan fingerprint density at radius 2 is 0.740 bits per heavy atom. The van der Waals surface area contributed by atoms with Crippen molar-refractivity contribution in [3.8, 4) is 0 Å². The van der Waals surface area contributed by atoms with Crippen molar-refractivity contribution in [2.24, 2.45) is 60.8 Å². The number of aromatic nitrogens is 3. The van der Waals surface area contributed by atoms with Crippen molar-refractivity contribution in [1.29, 1.82) is 0 Å². The van der Waals surface area contributed by atoms with Crippen LogP contribution in [0.15, 0.2) is 106 Å². The van der Waals surface area contributed by atoms with Crippen molar-refractivity contribution in [2.75, 3.05) is 26.2 Å². The van der Waals surface area contributed by atoms with Gasteiger partial charge in [-0.1, -0.05) is 100 Å². The van der Waals surface area contributed by atoms with Crippen LogP contribution < -0.4 is 83.1 Å². The molecule has 0 saturated heterocycles. The van der Waals surface area contributed by atoms with Crippen LogP contribution in [0.1, 0.15) is 133 Å². The van der Waals surface area contributed by atoms with Gasteiger partial charge in [-0.05, 0) is 99.1 Å². The summed E-state index contributed by atoms with van der Waals surface area (Å²) in [6, 6.07) is 12.9. The molecule has 8 amide bonds. The van der Waals surface area contributed by atoms with Crippen LogP contribution in [-0.4, -0.2) is 149 Å². The number of H-pyrrole nitrogens is 3. The predicted molar refractivity (Wildman–Crippen MR) is 374 cm³/mol. The maximum atomic E-state index is 15.3. The van der Waals surface area contributed by atoms with Crippen LogP contribution in [0.3, 0.4) is 0 Å². The van der Waals surface area contributed by atoms with Crippen molar-refractivity contribution < 1.29 is 38.4 Å². The second-order valence-corrected chi connectivity index (χ2v) is 24.1. The normalized spacial score (nSPS) is 13.4. The summed E-state index contributed by atoms with van der Waals surface area (Å²) in [5, 5.41) is 22.2. The fourth-order valence-electron chi connectivity index (χ4n) is 11.3. The first kappa shape index (κ1) is 74.8. The first-order valence-electron chi connectivity index (χ1n) is 33.2. The number of carbonyl (C=O) groups excluding carboxylic acids is 8. The van der Waals surface area contributed by atoms with Gasteiger partial charge in [0.1, 0.15) is 36.3 Å². The highest BCUT2D eigenvalue weighted by Gasteiger charge is 2.35. The topological polar surface area (TPSA) is 513 Å². The Bertz CT molecular complexity index is 3600. The SMILES string of the molecule is CCCCCCCCCC(=O)NCCCC[C@H](NC(=O)[C@H](Cc1c[nH]c2ccccc12)NC(=O)[C@@H](CCCN=C(N)N)NC(=O)[C@@H](Cc1c[nH]c2ccccc12)NC(=O)[C@H](CCCN=C(N)N)NC(=O)[C@H](Cc1c[nH]c2ccccc12)NC(=O)[C@H](N)CCCN=C(N)N)C(N)=O. The lowest BCUT2D eigenvalue weighted by Crippen LogP contribution is -2.60. The summed E-state index contributed by atoms with van der Waals surface area (Å²) < 4.78 is 0. The molecule has 0 saturated carbocycles. The number of amides is 8. The molecule has 29 nitrogen and oxygen atoms in total. The zero-order valence-corrected chi connectivity index (χ0v) is 54.9. The van der Waals surface area contributed by atoms with Crippen molar-refractivity contribution in [3.05, 3.63) is 108 Å². The summed E-state index contributed by atoms with van der Waals surface area (Å²) >= 11 is 0. The summed E-state index contributed by atoms with van der Waals surface area (Å²) in [4.78, 5) is 136. The van der Waals surface area contributed by atoms with Gasteiger partial charge in [-0.15, -0.1) is 0 Å². The molecule has 26 N–H and O–H groups in total. The molecule has 29 heteroatoms. The first-order valence-corrected chi connectivity index (χ1v) is 33.2. The maximum Gasteiger partial charge on any atom is 0.243 e. The number of unbranched alkanes of at least 4 members (excludes halogenated alkanes) is 7. The van der Waals surface area contributed by atoms with E-state index in [-0.39, 0.29) is 101 Å². The van der Waals surface area contributed by atoms with Crippen LogP contribution in [0.5, 0.6) is 0 Å². The highest BCUT2D eigenvalue weighted by molar-refractivity contribution is 5.99. The number of guanidine groups is 3. The van der Waals surface area contributed by atoms with E-state index in [2.05, 4.69) is 74.1 Å². The maximum absolute atomic E-state index is 15.3. The van der Waals surface area contributed by atoms with E-state index in [1.54, 1.807) is 18.6 Å². The average molecular weight is 1330 g/mol. The van der Waals surface area contributed by atoms with E-state index in [1.165, 1.54) is 19.3 Å². The Labute approximate surface area is 558 Å². The molecule has 0 spiro atoms. The monoisotopic (exact) mass is 1330 g/mol. The first-order chi connectivity index (χ1) is 46.2. The molecule has 0 bridgehead atoms. The number of aliphatic imine (C=N–C) groups is 3. The number of para-hydroxylation sites is 3. The quantitative estimate of drug-likeness (QED) is 0.0146. The summed E-state index contributed by atoms with van der Waals surface area (Å²) in [5.74, 6) is -6.02. The van der Waals surface area contributed by atoms with E-state index in [0.717, 1.165) is 58.4 Å². The van der Waals surface area contributed by atoms with E-state index < -0.39 is 83.6 Å². The third kappa shape index (κ3) is 24.9. The number of hydrogen-bond acceptors (Lipinski definition) is 12. The minimum atomic E-state index is -1.46. The minimum Gasteiger partial charge on any atom is -0.370 e. The fraction of sp³-hybridized carbons (Fsp3) is 0.478. The van der Waals surface area contributed by atoms with Crippen molar-refractivity contribution in [2.45, 2.75) is 178 Å². The second kappa shape index (κ2) is 39.5. The van der Waals surface area contributed by atoms with Crippen molar-refractivity contribution in [3.63, 3.8) is 0 Å². The Balaban J connectivity index is 1.27. The molecule has 520 valence electrons. The van der Waals surface area contributed by atoms with Gasteiger partial charge in [0.05, 0.1) is 6.04 Å². The number of benzene rings is 3. The van der Waals surface area contributed by atoms with E-state index in [4.69, 9.17) is 45.9 Å². The highest BCUT2D eigenvalue weighted by atomic mass is 16.2. The molecule has 3 heterocycles. The Morgan fingerprint density at radius 1 is 0.396 bits per heavy atom. The van der Waals surface area contributed by atoms with Gasteiger partial charge >= 0.3 is 0 Å². The largest absolute Gasteiger partial charge is 0.370 e. The van der Waals surface area contributed by atoms with Crippen LogP contribution in [-0.2, 0) is 57.6 Å². The number of rotatable bonds is 44. The van der Waals surface area contributed by atoms with Crippen LogP contribution in [0, 0.1) is 0 Å². The number of nitrogens with one attached hydrogen (secondary N) is 10. The van der Waals surface area contributed by atoms with Gasteiger partial charge in [0.2, 0.25) is 47.3 Å². The van der Waals surface area contributed by atoms with Crippen LogP contribution >= 0.6 is 0 Å². The lowest BCUT2D eigenvalue weighted by Gasteiger charge is -2.28. The van der Waals surface area contributed by atoms with Gasteiger partial charge in [-0.2, -0.15) is 0 Å². The van der Waals surface area contributed by atoms with Gasteiger partial charge in [0.25, 0.3) is 0 Å². The van der Waals surface area contributed by atoms with E-state index in [1.807, 2.05) is 72.8 Å². The lowest BCUT2D eigenvalue weighted by molar-refractivity contribution is -0.135. The number of carbonyl (C=O) groups is 8. The standard InChI is InChI=1S/C67H99N21O8/c1-2-3-4-5-6-7-8-30-57(89)76-31-16-15-27-51(58(69)90)83-62(94)55(36-42-39-81-49-25-13-10-21-45(42)49)87-60(92)53(29-19-34-79-67(74)75)85-64(96)56(37-43-40-82-50-26-14-11-22-46(43)50)88-61(93)52(28-18-33-78-66(72)73)84-63(95)54(35-41-38-80-48-24-12-9-20-44(41)48)86-59(91)47(68)23-17-32-77-65(70)71/h9-14,20-22,24-26,38-40,47,51-56,80-82H,2-8,15-19,23,27-37,68H2,1H3,(H2,69,90)(H,76,89)(H,83,94)(H,84,95)(H,85,96)(H,86,91)(H,87,92)(H,88,93)(H4,70,71,77)(H4,72,73,78)(H4,74,75,79)/t47-,51+,52+,53-,54+,55+,56-/m1/s1. The number of hydrogen-bond donors (Lipinski definition) is 18. The molecule has 3 aromatic heterocycles. The highest BCUT2D eigenvalue weighted by Crippen LogP contribution is 2.23. The molecule has 0 radical (unpaired) electrons. The van der Waals surface area contributed by atoms with Gasteiger partial charge < -0.3 is 98.0 Å². The summed E-state index contributed by atoms with van der Waals surface area (Å²) in [7, 11) is 0. The van der Waals surface area contributed by atoms with Crippen LogP contribution in [0.4, 0.5) is 0 Å². The van der Waals surface area contributed by atoms with E-state index >= 15 is 14.4 Å². The summed E-state index contributed by atoms with van der Waals surface area (Å²) in [6.45, 7) is 2.83. The van der Waals surface area contributed by atoms with Gasteiger partial charge in [0.15, 0.2) is 17.9 Å². The molecule has 6 aromatic rings. The molecule has 0 fully saturated rings. The molecule has 0 unspecified atom stereocenters. The average Bonchev–Trinajstić information content (AvgIpc) is 1.65. The smallest absolute Gasteiger partial charge is 0.243 e. The molecule has 0 aliphatic rings. The molecule has 3 aromatic carbocycles. The zero-order valence-electron chi connectivity index (χ0n) is 54.9. The van der Waals surface area contributed by atoms with E-state index in [0.29, 0.717) is 48.9 Å². The Morgan fingerprint density at radius 3 is 1.15 bits per heavy atom. The third-order valence-electron chi connectivity index (χ3n) is 16.6. The van der Waals surface area contributed by atoms with Gasteiger partial charge in [-0.3, -0.25) is 53.3 Å². The minimum absolute atomic E-state index is 0.0360. The summed E-state index contributed by atoms with van der Waals surface area (Å²) in [6.07, 6.45) is 14.6. The number of nitrogens with zero attached hydrogens (tertiary/aromatic N) is 3. The number of primary amides is 1. The molecular formula is C67H99N21O8. The second-order valence-electron chi connectivity index (χ2n) is 24.1. The van der Waals surface area contributed by atoms with Crippen LogP contribution in [0.25, 0.3) is 32.7 Å². The van der Waals surface area contributed by atoms with Gasteiger partial charge in [-0.25, -0.2) is 0 Å². The fourth-order valence-corrected chi connectivity index (χ4v) is 11.3. The van der Waals surface area contributed by atoms with Crippen molar-refractivity contribution >= 4 is 97.8 Å². The predicted octanol–water partition coefficient (Wildman–Crippen LogP) is 1.47. The third-order valence-corrected chi connectivity index (χ3v) is 16.6. The number of nitrogens with two attached hydrogens (primary N) is 8. The molecular weight excluding hydrogens is 1230 g/mol. The van der Waals surface area contributed by atoms with Crippen LogP contribution in [0.2, 0.25) is 0 Å². The van der Waals surface area contributed by atoms with Gasteiger partial charge in [0, 0.05) is 103 Å². The molecule has 6 rings (SSSR count). The molecule has 0 aliphatic carbocycles. The lowest BCUT2D eigenvalue weighted by atomic mass is 10.0. The Hall–Kier alpha value is -10.2. The van der Waals surface area contributed by atoms with Crippen molar-refractivity contribution in [1.82, 2.24) is 52.2 Å². The molecule has 96 heavy (non-hydrogen) atoms. The number of aromatic amines is 3. The number of fused-ring (bicyclic) bond motifs is 3. The van der Waals surface area contributed by atoms with E-state index in [9.17, 15) is 24.0 Å². The zero-order chi connectivity index (χ0) is 69.4. The molecule has 7 atom stereocenters. The molecule has 0 aliphatic heterocycles. The summed E-state index contributed by atoms with van der Waals surface area (Å²) in [5.41, 5.74) is 50.1. The Kier molecular flexibility index (Phi) is 30.8.